The quantitative estimate of drug-likeness (QED) is 0.869. The van der Waals surface area contributed by atoms with Crippen LogP contribution < -0.4 is 0 Å². The van der Waals surface area contributed by atoms with Crippen LogP contribution in [0.3, 0.4) is 0 Å². The van der Waals surface area contributed by atoms with Gasteiger partial charge in [-0.05, 0) is 18.9 Å². The summed E-state index contributed by atoms with van der Waals surface area (Å²) in [7, 11) is 0. The van der Waals surface area contributed by atoms with Gasteiger partial charge < -0.3 is 10.0 Å². The Morgan fingerprint density at radius 2 is 1.84 bits per heavy atom. The molecule has 0 saturated carbocycles. The highest BCUT2D eigenvalue weighted by atomic mass is 16.4. The monoisotopic (exact) mass is 262 g/mol. The minimum Gasteiger partial charge on any atom is -0.480 e. The maximum absolute atomic E-state index is 10.9. The minimum atomic E-state index is -0.724. The molecule has 1 saturated heterocycles. The topological polar surface area (TPSA) is 43.8 Å². The van der Waals surface area contributed by atoms with E-state index in [-0.39, 0.29) is 6.04 Å². The van der Waals surface area contributed by atoms with Crippen LogP contribution in [-0.4, -0.2) is 59.6 Å². The summed E-state index contributed by atoms with van der Waals surface area (Å²) in [5.41, 5.74) is 1.36. The van der Waals surface area contributed by atoms with Crippen molar-refractivity contribution in [1.82, 2.24) is 9.80 Å². The second kappa shape index (κ2) is 6.68. The van der Waals surface area contributed by atoms with Gasteiger partial charge in [0, 0.05) is 32.7 Å². The first-order chi connectivity index (χ1) is 9.16. The number of carboxylic acids is 1. The summed E-state index contributed by atoms with van der Waals surface area (Å²) in [6.07, 6.45) is 1.06. The summed E-state index contributed by atoms with van der Waals surface area (Å²) in [5.74, 6) is -0.724. The zero-order valence-electron chi connectivity index (χ0n) is 11.5. The normalized spacial score (nSPS) is 19.2. The van der Waals surface area contributed by atoms with Crippen LogP contribution in [0.15, 0.2) is 30.3 Å². The number of hydrogen-bond acceptors (Lipinski definition) is 3. The molecule has 104 valence electrons. The zero-order valence-corrected chi connectivity index (χ0v) is 11.5. The Hall–Kier alpha value is -1.39. The van der Waals surface area contributed by atoms with Gasteiger partial charge in [-0.15, -0.1) is 0 Å². The Morgan fingerprint density at radius 3 is 2.42 bits per heavy atom. The summed E-state index contributed by atoms with van der Waals surface area (Å²) in [6, 6.07) is 10.1. The molecule has 1 aromatic rings. The van der Waals surface area contributed by atoms with Gasteiger partial charge in [-0.1, -0.05) is 30.3 Å². The van der Waals surface area contributed by atoms with Crippen LogP contribution in [0.4, 0.5) is 0 Å². The van der Waals surface area contributed by atoms with Gasteiger partial charge in [-0.25, -0.2) is 0 Å². The predicted molar refractivity (Wildman–Crippen MR) is 75.3 cm³/mol. The van der Waals surface area contributed by atoms with E-state index in [0.29, 0.717) is 0 Å². The first kappa shape index (κ1) is 14.0. The van der Waals surface area contributed by atoms with Gasteiger partial charge in [0.05, 0.1) is 0 Å². The Balaban J connectivity index is 1.73. The maximum atomic E-state index is 10.9. The van der Waals surface area contributed by atoms with Crippen molar-refractivity contribution < 1.29 is 9.90 Å². The number of aliphatic carboxylic acids is 1. The van der Waals surface area contributed by atoms with Gasteiger partial charge in [0.25, 0.3) is 0 Å². The SMILES string of the molecule is CC(C(=O)O)N1CCN(CCc2ccccc2)CC1. The summed E-state index contributed by atoms with van der Waals surface area (Å²) >= 11 is 0. The molecular weight excluding hydrogens is 240 g/mol. The highest BCUT2D eigenvalue weighted by molar-refractivity contribution is 5.72. The first-order valence-electron chi connectivity index (χ1n) is 6.90. The van der Waals surface area contributed by atoms with Gasteiger partial charge in [0.1, 0.15) is 6.04 Å². The van der Waals surface area contributed by atoms with Gasteiger partial charge in [0.2, 0.25) is 0 Å². The summed E-state index contributed by atoms with van der Waals surface area (Å²) < 4.78 is 0. The van der Waals surface area contributed by atoms with Crippen LogP contribution >= 0.6 is 0 Å². The fourth-order valence-electron chi connectivity index (χ4n) is 2.46. The van der Waals surface area contributed by atoms with Crippen LogP contribution in [0.2, 0.25) is 0 Å². The van der Waals surface area contributed by atoms with Crippen LogP contribution in [0, 0.1) is 0 Å². The lowest BCUT2D eigenvalue weighted by Gasteiger charge is -2.36. The molecular formula is C15H22N2O2. The third-order valence-corrected chi connectivity index (χ3v) is 3.87. The molecule has 0 aliphatic carbocycles. The van der Waals surface area contributed by atoms with Gasteiger partial charge >= 0.3 is 5.97 Å². The van der Waals surface area contributed by atoms with Crippen molar-refractivity contribution >= 4 is 5.97 Å². The largest absolute Gasteiger partial charge is 0.480 e. The second-order valence-corrected chi connectivity index (χ2v) is 5.13. The highest BCUT2D eigenvalue weighted by Crippen LogP contribution is 2.08. The third-order valence-electron chi connectivity index (χ3n) is 3.87. The van der Waals surface area contributed by atoms with E-state index >= 15 is 0 Å². The van der Waals surface area contributed by atoms with E-state index in [4.69, 9.17) is 5.11 Å². The minimum absolute atomic E-state index is 0.365. The molecule has 2 rings (SSSR count). The number of hydrogen-bond donors (Lipinski definition) is 1. The molecule has 0 bridgehead atoms. The number of carbonyl (C=O) groups is 1. The van der Waals surface area contributed by atoms with Crippen molar-refractivity contribution in [2.45, 2.75) is 19.4 Å². The fourth-order valence-corrected chi connectivity index (χ4v) is 2.46. The van der Waals surface area contributed by atoms with E-state index in [2.05, 4.69) is 29.2 Å². The predicted octanol–water partition coefficient (Wildman–Crippen LogP) is 1.32. The first-order valence-corrected chi connectivity index (χ1v) is 6.90. The molecule has 1 heterocycles. The van der Waals surface area contributed by atoms with Crippen LogP contribution in [0.25, 0.3) is 0 Å². The van der Waals surface area contributed by atoms with Crippen molar-refractivity contribution in [3.63, 3.8) is 0 Å². The van der Waals surface area contributed by atoms with Crippen molar-refractivity contribution in [2.24, 2.45) is 0 Å². The average Bonchev–Trinajstić information content (AvgIpc) is 2.46. The molecule has 1 atom stereocenters. The van der Waals surface area contributed by atoms with E-state index in [9.17, 15) is 4.79 Å². The number of benzene rings is 1. The molecule has 1 aliphatic rings. The molecule has 0 aromatic heterocycles. The Morgan fingerprint density at radius 1 is 1.21 bits per heavy atom. The number of piperazine rings is 1. The van der Waals surface area contributed by atoms with Crippen molar-refractivity contribution in [3.8, 4) is 0 Å². The molecule has 19 heavy (non-hydrogen) atoms. The molecule has 4 nitrogen and oxygen atoms in total. The van der Waals surface area contributed by atoms with Crippen LogP contribution in [0.5, 0.6) is 0 Å². The standard InChI is InChI=1S/C15H22N2O2/c1-13(15(18)19)17-11-9-16(10-12-17)8-7-14-5-3-2-4-6-14/h2-6,13H,7-12H2,1H3,(H,18,19). The van der Waals surface area contributed by atoms with Crippen LogP contribution in [0.1, 0.15) is 12.5 Å². The Kier molecular flexibility index (Phi) is 4.93. The van der Waals surface area contributed by atoms with E-state index in [1.807, 2.05) is 11.0 Å². The Labute approximate surface area is 114 Å². The molecule has 0 amide bonds. The Bertz CT molecular complexity index is 400. The lowest BCUT2D eigenvalue weighted by atomic mass is 10.1. The van der Waals surface area contributed by atoms with E-state index in [1.54, 1.807) is 6.92 Å². The summed E-state index contributed by atoms with van der Waals surface area (Å²) in [5, 5.41) is 9.00. The summed E-state index contributed by atoms with van der Waals surface area (Å²) in [6.45, 7) is 6.45. The summed E-state index contributed by atoms with van der Waals surface area (Å²) in [4.78, 5) is 15.4. The van der Waals surface area contributed by atoms with Gasteiger partial charge in [0.15, 0.2) is 0 Å². The smallest absolute Gasteiger partial charge is 0.320 e. The second-order valence-electron chi connectivity index (χ2n) is 5.13. The number of nitrogens with zero attached hydrogens (tertiary/aromatic N) is 2. The molecule has 1 fully saturated rings. The maximum Gasteiger partial charge on any atom is 0.320 e. The molecule has 0 radical (unpaired) electrons. The van der Waals surface area contributed by atoms with E-state index in [0.717, 1.165) is 39.1 Å². The van der Waals surface area contributed by atoms with Crippen molar-refractivity contribution in [3.05, 3.63) is 35.9 Å². The fraction of sp³-hybridized carbons (Fsp3) is 0.533. The zero-order chi connectivity index (χ0) is 13.7. The van der Waals surface area contributed by atoms with Gasteiger partial charge in [-0.3, -0.25) is 9.69 Å². The molecule has 1 aromatic carbocycles. The lowest BCUT2D eigenvalue weighted by Crippen LogP contribution is -2.51. The van der Waals surface area contributed by atoms with Crippen LogP contribution in [-0.2, 0) is 11.2 Å². The lowest BCUT2D eigenvalue weighted by molar-refractivity contribution is -0.143. The molecule has 1 aliphatic heterocycles. The molecule has 0 spiro atoms. The van der Waals surface area contributed by atoms with Crippen molar-refractivity contribution in [1.29, 1.82) is 0 Å². The van der Waals surface area contributed by atoms with Gasteiger partial charge in [-0.2, -0.15) is 0 Å². The molecule has 1 unspecified atom stereocenters. The third kappa shape index (κ3) is 4.04. The highest BCUT2D eigenvalue weighted by Gasteiger charge is 2.24. The number of carboxylic acid groups (broad SMARTS) is 1. The van der Waals surface area contributed by atoms with E-state index in [1.165, 1.54) is 5.56 Å². The average molecular weight is 262 g/mol. The molecule has 4 heteroatoms. The molecule has 1 N–H and O–H groups in total. The number of rotatable bonds is 5. The van der Waals surface area contributed by atoms with E-state index < -0.39 is 5.97 Å². The van der Waals surface area contributed by atoms with Crippen molar-refractivity contribution in [2.75, 3.05) is 32.7 Å².